The van der Waals surface area contributed by atoms with Gasteiger partial charge in [0, 0.05) is 48.7 Å². The molecule has 8 atom stereocenters. The Morgan fingerprint density at radius 2 is 1.82 bits per heavy atom. The highest BCUT2D eigenvalue weighted by atomic mass is 16.7. The number of phenolic OH excluding ortho intramolecular Hbond substituents is 2. The van der Waals surface area contributed by atoms with E-state index in [4.69, 9.17) is 23.7 Å². The predicted molar refractivity (Wildman–Crippen MR) is 148 cm³/mol. The number of phenols is 2. The average Bonchev–Trinajstić information content (AvgIpc) is 3.40. The first-order valence-electron chi connectivity index (χ1n) is 14.5. The molecule has 5 aliphatic rings. The molecule has 4 N–H and O–H groups in total. The molecule has 0 amide bonds. The maximum absolute atomic E-state index is 13.9. The number of benzene rings is 2. The average molecular weight is 612 g/mol. The number of hydrogen-bond acceptors (Lipinski definition) is 12. The van der Waals surface area contributed by atoms with E-state index in [0.717, 1.165) is 0 Å². The molecule has 0 bridgehead atoms. The van der Waals surface area contributed by atoms with Crippen LogP contribution in [-0.4, -0.2) is 113 Å². The molecule has 13 nitrogen and oxygen atoms in total. The second-order valence-electron chi connectivity index (χ2n) is 12.1. The molecule has 0 spiro atoms. The van der Waals surface area contributed by atoms with E-state index in [2.05, 4.69) is 4.90 Å². The van der Waals surface area contributed by atoms with Gasteiger partial charge in [0.2, 0.25) is 5.78 Å². The van der Waals surface area contributed by atoms with E-state index in [1.165, 1.54) is 32.4 Å². The Hall–Kier alpha value is -3.59. The number of carbonyl (C=O) groups excluding carboxylic acids is 2. The van der Waals surface area contributed by atoms with Crippen molar-refractivity contribution in [2.45, 2.75) is 74.6 Å². The summed E-state index contributed by atoms with van der Waals surface area (Å²) in [7, 11) is 2.88. The van der Waals surface area contributed by atoms with Crippen molar-refractivity contribution in [1.82, 2.24) is 4.90 Å². The summed E-state index contributed by atoms with van der Waals surface area (Å²) in [6.07, 6.45) is -3.33. The van der Waals surface area contributed by atoms with Gasteiger partial charge in [-0.2, -0.15) is 0 Å². The molecule has 44 heavy (non-hydrogen) atoms. The van der Waals surface area contributed by atoms with E-state index in [1.807, 2.05) is 6.92 Å². The number of ketones is 2. The van der Waals surface area contributed by atoms with Crippen LogP contribution in [0.4, 0.5) is 0 Å². The molecule has 2 aromatic rings. The van der Waals surface area contributed by atoms with Gasteiger partial charge in [-0.25, -0.2) is 4.79 Å². The highest BCUT2D eigenvalue weighted by molar-refractivity contribution is 6.31. The molecule has 13 heteroatoms. The standard InChI is InChI=1S/C31H33NO12/c1-12-27-16(32-7-8-42-29(41-3)28(32)44-27)9-18(43-12)14-10-31(39,30(37)38)11-15-19(14)25(35)22-21(24(15)34)23(33)13-5-4-6-17(40-2)20(13)26(22)36/h4-6,12,14,16,18,27-29,34-35,39H,7-11H2,1-3H3,(H,37,38)/t12-,14+,16+,18?,27+,28+,29-,31+/m0/s1. The van der Waals surface area contributed by atoms with Gasteiger partial charge in [-0.15, -0.1) is 0 Å². The van der Waals surface area contributed by atoms with Crippen LogP contribution in [0.2, 0.25) is 0 Å². The lowest BCUT2D eigenvalue weighted by molar-refractivity contribution is -0.246. The number of carbonyl (C=O) groups is 3. The summed E-state index contributed by atoms with van der Waals surface area (Å²) in [5, 5.41) is 44.9. The Bertz CT molecular complexity index is 1590. The number of ether oxygens (including phenoxy) is 5. The summed E-state index contributed by atoms with van der Waals surface area (Å²) in [4.78, 5) is 42.1. The van der Waals surface area contributed by atoms with E-state index in [-0.39, 0.29) is 46.6 Å². The topological polar surface area (TPSA) is 182 Å². The molecule has 3 aliphatic heterocycles. The lowest BCUT2D eigenvalue weighted by Gasteiger charge is -2.46. The highest BCUT2D eigenvalue weighted by Crippen LogP contribution is 2.54. The zero-order chi connectivity index (χ0) is 31.2. The number of morpholine rings is 1. The number of fused-ring (bicyclic) bond motifs is 6. The van der Waals surface area contributed by atoms with Gasteiger partial charge in [0.25, 0.3) is 0 Å². The normalized spacial score (nSPS) is 34.4. The molecular formula is C31H33NO12. The van der Waals surface area contributed by atoms with Crippen LogP contribution >= 0.6 is 0 Å². The van der Waals surface area contributed by atoms with Crippen molar-refractivity contribution in [3.63, 3.8) is 0 Å². The number of hydrogen-bond donors (Lipinski definition) is 4. The van der Waals surface area contributed by atoms with E-state index < -0.39 is 82.8 Å². The fourth-order valence-corrected chi connectivity index (χ4v) is 7.87. The Labute approximate surface area is 251 Å². The third-order valence-electron chi connectivity index (χ3n) is 9.86. The minimum Gasteiger partial charge on any atom is -0.507 e. The molecule has 3 heterocycles. The lowest BCUT2D eigenvalue weighted by Crippen LogP contribution is -2.56. The molecule has 1 unspecified atom stereocenters. The first kappa shape index (κ1) is 29.1. The van der Waals surface area contributed by atoms with E-state index in [1.54, 1.807) is 0 Å². The number of aliphatic hydroxyl groups is 1. The van der Waals surface area contributed by atoms with Crippen molar-refractivity contribution in [1.29, 1.82) is 0 Å². The number of rotatable bonds is 4. The fourth-order valence-electron chi connectivity index (χ4n) is 7.87. The molecule has 0 aromatic heterocycles. The van der Waals surface area contributed by atoms with E-state index in [9.17, 15) is 34.8 Å². The second-order valence-corrected chi connectivity index (χ2v) is 12.1. The second kappa shape index (κ2) is 10.2. The number of nitrogens with zero attached hydrogens (tertiary/aromatic N) is 1. The lowest BCUT2D eigenvalue weighted by atomic mass is 9.67. The SMILES string of the molecule is COc1cccc2c1C(=O)c1c(O)c3c(c(O)c1C2=O)C[C@@](O)(C(=O)O)C[C@@H]3C1C[C@@H]2[C@H](O[C@@H]3[C@@H](OC)OCCN23)[C@H](C)O1. The summed E-state index contributed by atoms with van der Waals surface area (Å²) >= 11 is 0. The van der Waals surface area contributed by atoms with Gasteiger partial charge in [0.1, 0.15) is 23.4 Å². The summed E-state index contributed by atoms with van der Waals surface area (Å²) in [5.41, 5.74) is -3.29. The quantitative estimate of drug-likeness (QED) is 0.310. The Morgan fingerprint density at radius 1 is 1.07 bits per heavy atom. The molecule has 0 saturated carbocycles. The van der Waals surface area contributed by atoms with Crippen LogP contribution < -0.4 is 4.74 Å². The van der Waals surface area contributed by atoms with E-state index in [0.29, 0.717) is 19.6 Å². The van der Waals surface area contributed by atoms with Crippen molar-refractivity contribution < 1.29 is 58.5 Å². The third kappa shape index (κ3) is 3.97. The molecule has 3 fully saturated rings. The maximum atomic E-state index is 13.9. The van der Waals surface area contributed by atoms with Crippen molar-refractivity contribution in [3.8, 4) is 17.2 Å². The van der Waals surface area contributed by atoms with Gasteiger partial charge >= 0.3 is 5.97 Å². The fraction of sp³-hybridized carbons (Fsp3) is 0.516. The Balaban J connectivity index is 1.36. The van der Waals surface area contributed by atoms with E-state index >= 15 is 0 Å². The Kier molecular flexibility index (Phi) is 6.77. The zero-order valence-corrected chi connectivity index (χ0v) is 24.3. The summed E-state index contributed by atoms with van der Waals surface area (Å²) in [6, 6.07) is 4.27. The number of carboxylic acid groups (broad SMARTS) is 1. The van der Waals surface area contributed by atoms with Gasteiger partial charge in [0.15, 0.2) is 23.9 Å². The Morgan fingerprint density at radius 3 is 2.52 bits per heavy atom. The third-order valence-corrected chi connectivity index (χ3v) is 9.86. The molecule has 2 aromatic carbocycles. The van der Waals surface area contributed by atoms with Gasteiger partial charge in [0.05, 0.1) is 42.6 Å². The van der Waals surface area contributed by atoms with Gasteiger partial charge in [-0.05, 0) is 25.8 Å². The van der Waals surface area contributed by atoms with Crippen molar-refractivity contribution in [2.24, 2.45) is 0 Å². The number of aliphatic carboxylic acids is 1. The molecule has 2 aliphatic carbocycles. The van der Waals surface area contributed by atoms with Crippen LogP contribution in [0.3, 0.4) is 0 Å². The molecule has 7 rings (SSSR count). The van der Waals surface area contributed by atoms with Crippen molar-refractivity contribution >= 4 is 17.5 Å². The summed E-state index contributed by atoms with van der Waals surface area (Å²) in [6.45, 7) is 2.80. The molecule has 0 radical (unpaired) electrons. The van der Waals surface area contributed by atoms with Crippen LogP contribution in [0.15, 0.2) is 18.2 Å². The number of aromatic hydroxyl groups is 2. The monoisotopic (exact) mass is 611 g/mol. The van der Waals surface area contributed by atoms with Crippen molar-refractivity contribution in [3.05, 3.63) is 51.6 Å². The van der Waals surface area contributed by atoms with Crippen LogP contribution in [0.1, 0.15) is 68.7 Å². The van der Waals surface area contributed by atoms with Gasteiger partial charge < -0.3 is 44.1 Å². The maximum Gasteiger partial charge on any atom is 0.336 e. The number of methoxy groups -OCH3 is 2. The van der Waals surface area contributed by atoms with Crippen LogP contribution in [0, 0.1) is 0 Å². The molecule has 3 saturated heterocycles. The van der Waals surface area contributed by atoms with Gasteiger partial charge in [-0.3, -0.25) is 14.5 Å². The summed E-state index contributed by atoms with van der Waals surface area (Å²) in [5.74, 6) is -5.01. The predicted octanol–water partition coefficient (Wildman–Crippen LogP) is 1.30. The van der Waals surface area contributed by atoms with Crippen molar-refractivity contribution in [2.75, 3.05) is 27.4 Å². The smallest absolute Gasteiger partial charge is 0.336 e. The van der Waals surface area contributed by atoms with Gasteiger partial charge in [-0.1, -0.05) is 12.1 Å². The van der Waals surface area contributed by atoms with Crippen LogP contribution in [0.5, 0.6) is 17.2 Å². The minimum absolute atomic E-state index is 0.0245. The van der Waals surface area contributed by atoms with Crippen LogP contribution in [0.25, 0.3) is 0 Å². The molecular weight excluding hydrogens is 578 g/mol. The number of carboxylic acids is 1. The minimum atomic E-state index is -2.35. The first-order valence-corrected chi connectivity index (χ1v) is 14.5. The largest absolute Gasteiger partial charge is 0.507 e. The molecule has 234 valence electrons. The highest BCUT2D eigenvalue weighted by Gasteiger charge is 2.57. The van der Waals surface area contributed by atoms with Crippen LogP contribution in [-0.2, 0) is 30.2 Å². The summed E-state index contributed by atoms with van der Waals surface area (Å²) < 4.78 is 29.2. The zero-order valence-electron chi connectivity index (χ0n) is 24.3. The first-order chi connectivity index (χ1) is 21.0.